The van der Waals surface area contributed by atoms with E-state index >= 15 is 0 Å². The predicted octanol–water partition coefficient (Wildman–Crippen LogP) is 2.86. The van der Waals surface area contributed by atoms with E-state index in [1.165, 1.54) is 24.4 Å². The summed E-state index contributed by atoms with van der Waals surface area (Å²) < 4.78 is 13.6. The molecule has 1 unspecified atom stereocenters. The van der Waals surface area contributed by atoms with Crippen molar-refractivity contribution in [1.82, 2.24) is 15.3 Å². The first-order valence-electron chi connectivity index (χ1n) is 7.13. The summed E-state index contributed by atoms with van der Waals surface area (Å²) in [6.45, 7) is 3.64. The van der Waals surface area contributed by atoms with Crippen LogP contribution in [0, 0.1) is 5.82 Å². The van der Waals surface area contributed by atoms with Crippen molar-refractivity contribution in [2.45, 2.75) is 25.9 Å². The molecule has 1 heterocycles. The topological polar surface area (TPSA) is 75.1 Å². The Kier molecular flexibility index (Phi) is 5.63. The molecule has 1 amide bonds. The molecule has 1 aromatic carbocycles. The zero-order valence-electron chi connectivity index (χ0n) is 12.8. The first-order chi connectivity index (χ1) is 10.9. The van der Waals surface area contributed by atoms with Crippen LogP contribution in [-0.2, 0) is 0 Å². The molecule has 0 fully saturated rings. The van der Waals surface area contributed by atoms with Gasteiger partial charge in [0.15, 0.2) is 0 Å². The summed E-state index contributed by atoms with van der Waals surface area (Å²) >= 11 is 5.94. The fourth-order valence-electron chi connectivity index (χ4n) is 1.95. The molecule has 0 aliphatic rings. The smallest absolute Gasteiger partial charge is 0.271 e. The van der Waals surface area contributed by atoms with E-state index in [1.54, 1.807) is 6.07 Å². The Labute approximate surface area is 138 Å². The van der Waals surface area contributed by atoms with Crippen LogP contribution in [-0.4, -0.2) is 27.5 Å². The summed E-state index contributed by atoms with van der Waals surface area (Å²) in [6.07, 6.45) is 0.205. The minimum absolute atomic E-state index is 0.0334. The predicted molar refractivity (Wildman–Crippen MR) is 84.8 cm³/mol. The first-order valence-corrected chi connectivity index (χ1v) is 7.51. The fraction of sp³-hybridized carbons (Fsp3) is 0.312. The van der Waals surface area contributed by atoms with E-state index in [9.17, 15) is 14.3 Å². The van der Waals surface area contributed by atoms with Gasteiger partial charge in [0.1, 0.15) is 17.3 Å². The first kappa shape index (κ1) is 17.3. The SMILES string of the molecule is CC(C)c1ncc(Cl)c(C(=O)NCC(O)c2ccccc2F)n1. The maximum absolute atomic E-state index is 13.6. The van der Waals surface area contributed by atoms with Crippen LogP contribution >= 0.6 is 11.6 Å². The quantitative estimate of drug-likeness (QED) is 0.879. The number of nitrogens with zero attached hydrogens (tertiary/aromatic N) is 2. The van der Waals surface area contributed by atoms with Gasteiger partial charge >= 0.3 is 0 Å². The number of aliphatic hydroxyl groups is 1. The van der Waals surface area contributed by atoms with E-state index in [2.05, 4.69) is 15.3 Å². The number of amides is 1. The lowest BCUT2D eigenvalue weighted by Crippen LogP contribution is -2.30. The average molecular weight is 338 g/mol. The molecule has 5 nitrogen and oxygen atoms in total. The number of hydrogen-bond donors (Lipinski definition) is 2. The molecule has 0 radical (unpaired) electrons. The maximum Gasteiger partial charge on any atom is 0.271 e. The Morgan fingerprint density at radius 3 is 2.74 bits per heavy atom. The summed E-state index contributed by atoms with van der Waals surface area (Å²) in [5, 5.41) is 12.6. The third kappa shape index (κ3) is 4.24. The van der Waals surface area contributed by atoms with Crippen molar-refractivity contribution >= 4 is 17.5 Å². The molecule has 1 atom stereocenters. The van der Waals surface area contributed by atoms with Crippen molar-refractivity contribution in [3.05, 3.63) is 58.4 Å². The Hall–Kier alpha value is -2.05. The highest BCUT2D eigenvalue weighted by Crippen LogP contribution is 2.18. The minimum Gasteiger partial charge on any atom is -0.386 e. The van der Waals surface area contributed by atoms with Gasteiger partial charge in [0, 0.05) is 18.0 Å². The number of hydrogen-bond acceptors (Lipinski definition) is 4. The highest BCUT2D eigenvalue weighted by Gasteiger charge is 2.18. The van der Waals surface area contributed by atoms with Gasteiger partial charge in [0.2, 0.25) is 0 Å². The molecular weight excluding hydrogens is 321 g/mol. The van der Waals surface area contributed by atoms with Gasteiger partial charge in [-0.15, -0.1) is 0 Å². The van der Waals surface area contributed by atoms with Gasteiger partial charge in [-0.05, 0) is 6.07 Å². The maximum atomic E-state index is 13.6. The Morgan fingerprint density at radius 2 is 2.09 bits per heavy atom. The van der Waals surface area contributed by atoms with Crippen LogP contribution in [0.3, 0.4) is 0 Å². The Bertz CT molecular complexity index is 709. The molecule has 2 N–H and O–H groups in total. The number of nitrogens with one attached hydrogen (secondary N) is 1. The lowest BCUT2D eigenvalue weighted by molar-refractivity contribution is 0.0909. The molecular formula is C16H17ClFN3O2. The van der Waals surface area contributed by atoms with Crippen LogP contribution in [0.5, 0.6) is 0 Å². The minimum atomic E-state index is -1.16. The van der Waals surface area contributed by atoms with E-state index in [1.807, 2.05) is 13.8 Å². The molecule has 0 bridgehead atoms. The molecule has 0 aliphatic carbocycles. The molecule has 23 heavy (non-hydrogen) atoms. The van der Waals surface area contributed by atoms with Crippen LogP contribution in [0.25, 0.3) is 0 Å². The summed E-state index contributed by atoms with van der Waals surface area (Å²) in [4.78, 5) is 20.4. The molecule has 0 aliphatic heterocycles. The Balaban J connectivity index is 2.08. The van der Waals surface area contributed by atoms with Gasteiger partial charge < -0.3 is 10.4 Å². The lowest BCUT2D eigenvalue weighted by atomic mass is 10.1. The van der Waals surface area contributed by atoms with Crippen molar-refractivity contribution in [2.24, 2.45) is 0 Å². The lowest BCUT2D eigenvalue weighted by Gasteiger charge is -2.13. The molecule has 0 saturated heterocycles. The summed E-state index contributed by atoms with van der Waals surface area (Å²) in [6, 6.07) is 5.84. The van der Waals surface area contributed by atoms with Gasteiger partial charge in [0.25, 0.3) is 5.91 Å². The highest BCUT2D eigenvalue weighted by atomic mass is 35.5. The van der Waals surface area contributed by atoms with Gasteiger partial charge in [-0.25, -0.2) is 14.4 Å². The second-order valence-electron chi connectivity index (χ2n) is 5.33. The normalized spacial score (nSPS) is 12.3. The molecule has 1 aromatic heterocycles. The zero-order valence-corrected chi connectivity index (χ0v) is 13.5. The standard InChI is InChI=1S/C16H17ClFN3O2/c1-9(2)15-19-7-11(17)14(21-15)16(23)20-8-13(22)10-5-3-4-6-12(10)18/h3-7,9,13,22H,8H2,1-2H3,(H,20,23). The summed E-state index contributed by atoms with van der Waals surface area (Å²) in [5.41, 5.74) is 0.149. The molecule has 0 saturated carbocycles. The molecule has 2 rings (SSSR count). The van der Waals surface area contributed by atoms with Gasteiger partial charge in [0.05, 0.1) is 17.3 Å². The summed E-state index contributed by atoms with van der Waals surface area (Å²) in [7, 11) is 0. The number of benzene rings is 1. The van der Waals surface area contributed by atoms with E-state index < -0.39 is 17.8 Å². The number of carbonyl (C=O) groups is 1. The van der Waals surface area contributed by atoms with E-state index in [0.717, 1.165) is 0 Å². The van der Waals surface area contributed by atoms with Gasteiger partial charge in [-0.2, -0.15) is 0 Å². The van der Waals surface area contributed by atoms with Crippen molar-refractivity contribution in [1.29, 1.82) is 0 Å². The van der Waals surface area contributed by atoms with Crippen molar-refractivity contribution in [3.63, 3.8) is 0 Å². The van der Waals surface area contributed by atoms with Gasteiger partial charge in [-0.1, -0.05) is 43.6 Å². The molecule has 2 aromatic rings. The monoisotopic (exact) mass is 337 g/mol. The van der Waals surface area contributed by atoms with Crippen LogP contribution in [0.2, 0.25) is 5.02 Å². The summed E-state index contributed by atoms with van der Waals surface area (Å²) in [5.74, 6) is -0.539. The fourth-order valence-corrected chi connectivity index (χ4v) is 2.12. The zero-order chi connectivity index (χ0) is 17.0. The van der Waals surface area contributed by atoms with Crippen LogP contribution < -0.4 is 5.32 Å². The van der Waals surface area contributed by atoms with Crippen LogP contribution in [0.15, 0.2) is 30.5 Å². The molecule has 0 spiro atoms. The van der Waals surface area contributed by atoms with Crippen molar-refractivity contribution < 1.29 is 14.3 Å². The molecule has 7 heteroatoms. The van der Waals surface area contributed by atoms with Crippen molar-refractivity contribution in [3.8, 4) is 0 Å². The highest BCUT2D eigenvalue weighted by molar-refractivity contribution is 6.33. The van der Waals surface area contributed by atoms with Crippen LogP contribution in [0.1, 0.15) is 47.7 Å². The van der Waals surface area contributed by atoms with Gasteiger partial charge in [-0.3, -0.25) is 4.79 Å². The largest absolute Gasteiger partial charge is 0.386 e. The second-order valence-corrected chi connectivity index (χ2v) is 5.73. The third-order valence-corrected chi connectivity index (χ3v) is 3.49. The van der Waals surface area contributed by atoms with E-state index in [-0.39, 0.29) is 28.7 Å². The van der Waals surface area contributed by atoms with E-state index in [4.69, 9.17) is 11.6 Å². The van der Waals surface area contributed by atoms with Crippen molar-refractivity contribution in [2.75, 3.05) is 6.54 Å². The third-order valence-electron chi connectivity index (χ3n) is 3.21. The van der Waals surface area contributed by atoms with Crippen LogP contribution in [0.4, 0.5) is 4.39 Å². The number of rotatable bonds is 5. The Morgan fingerprint density at radius 1 is 1.39 bits per heavy atom. The number of carbonyl (C=O) groups excluding carboxylic acids is 1. The number of aromatic nitrogens is 2. The number of halogens is 2. The second kappa shape index (κ2) is 7.48. The molecule has 122 valence electrons. The number of aliphatic hydroxyl groups excluding tert-OH is 1. The van der Waals surface area contributed by atoms with E-state index in [0.29, 0.717) is 5.82 Å². The average Bonchev–Trinajstić information content (AvgIpc) is 2.53.